The molecule has 4 heteroatoms. The van der Waals surface area contributed by atoms with Crippen molar-refractivity contribution in [3.8, 4) is 0 Å². The van der Waals surface area contributed by atoms with Crippen molar-refractivity contribution in [1.82, 2.24) is 4.98 Å². The Morgan fingerprint density at radius 2 is 2.46 bits per heavy atom. The average molecular weight is 198 g/mol. The lowest BCUT2D eigenvalue weighted by atomic mass is 9.82. The third-order valence-electron chi connectivity index (χ3n) is 2.43. The van der Waals surface area contributed by atoms with Crippen molar-refractivity contribution in [1.29, 1.82) is 0 Å². The molecule has 1 amide bonds. The lowest BCUT2D eigenvalue weighted by molar-refractivity contribution is -0.127. The number of nitrogens with zero attached hydrogens (tertiary/aromatic N) is 1. The Balaban J connectivity index is 2.75. The number of aromatic nitrogens is 1. The summed E-state index contributed by atoms with van der Waals surface area (Å²) < 4.78 is 0. The van der Waals surface area contributed by atoms with E-state index < -0.39 is 5.41 Å². The number of rotatable bonds is 4. The minimum Gasteiger partial charge on any atom is -0.369 e. The van der Waals surface area contributed by atoms with Gasteiger partial charge in [-0.05, 0) is 6.42 Å². The number of amides is 1. The fourth-order valence-corrected chi connectivity index (χ4v) is 1.67. The highest BCUT2D eigenvalue weighted by Gasteiger charge is 2.29. The maximum Gasteiger partial charge on any atom is 0.223 e. The van der Waals surface area contributed by atoms with Gasteiger partial charge in [0.25, 0.3) is 0 Å². The summed E-state index contributed by atoms with van der Waals surface area (Å²) in [6.07, 6.45) is 1.39. The zero-order valence-electron chi connectivity index (χ0n) is 7.91. The molecule has 0 saturated carbocycles. The standard InChI is InChI=1S/C9H14N2OS/c1-3-9(2,8(10)12)4-7-5-13-6-11-7/h5-6H,3-4H2,1-2H3,(H2,10,12). The Labute approximate surface area is 82.0 Å². The quantitative estimate of drug-likeness (QED) is 0.798. The van der Waals surface area contributed by atoms with Crippen LogP contribution in [0.25, 0.3) is 0 Å². The SMILES string of the molecule is CCC(C)(Cc1cscn1)C(N)=O. The number of thiazole rings is 1. The second-order valence-electron chi connectivity index (χ2n) is 3.44. The largest absolute Gasteiger partial charge is 0.369 e. The van der Waals surface area contributed by atoms with Gasteiger partial charge in [0, 0.05) is 11.8 Å². The van der Waals surface area contributed by atoms with Gasteiger partial charge in [0.05, 0.1) is 16.6 Å². The van der Waals surface area contributed by atoms with Crippen molar-refractivity contribution < 1.29 is 4.79 Å². The fourth-order valence-electron chi connectivity index (χ4n) is 1.11. The lowest BCUT2D eigenvalue weighted by Crippen LogP contribution is -2.35. The maximum atomic E-state index is 11.2. The molecule has 0 aliphatic carbocycles. The third-order valence-corrected chi connectivity index (χ3v) is 3.07. The first-order valence-corrected chi connectivity index (χ1v) is 5.20. The number of nitrogens with two attached hydrogens (primary N) is 1. The number of hydrogen-bond donors (Lipinski definition) is 1. The van der Waals surface area contributed by atoms with Crippen molar-refractivity contribution in [3.05, 3.63) is 16.6 Å². The zero-order chi connectivity index (χ0) is 9.90. The van der Waals surface area contributed by atoms with Crippen molar-refractivity contribution in [2.75, 3.05) is 0 Å². The van der Waals surface area contributed by atoms with Crippen LogP contribution in [0.3, 0.4) is 0 Å². The maximum absolute atomic E-state index is 11.2. The van der Waals surface area contributed by atoms with E-state index in [4.69, 9.17) is 5.73 Å². The first-order valence-electron chi connectivity index (χ1n) is 4.25. The summed E-state index contributed by atoms with van der Waals surface area (Å²) in [5, 5.41) is 1.96. The Morgan fingerprint density at radius 3 is 2.85 bits per heavy atom. The number of carbonyl (C=O) groups is 1. The molecule has 1 rings (SSSR count). The van der Waals surface area contributed by atoms with Gasteiger partial charge in [-0.15, -0.1) is 11.3 Å². The molecule has 1 heterocycles. The molecule has 1 aromatic heterocycles. The molecular weight excluding hydrogens is 184 g/mol. The summed E-state index contributed by atoms with van der Waals surface area (Å²) in [6, 6.07) is 0. The van der Waals surface area contributed by atoms with Gasteiger partial charge in [-0.1, -0.05) is 13.8 Å². The van der Waals surface area contributed by atoms with Crippen molar-refractivity contribution in [2.45, 2.75) is 26.7 Å². The topological polar surface area (TPSA) is 56.0 Å². The van der Waals surface area contributed by atoms with E-state index in [0.29, 0.717) is 6.42 Å². The van der Waals surface area contributed by atoms with Crippen molar-refractivity contribution >= 4 is 17.2 Å². The highest BCUT2D eigenvalue weighted by Crippen LogP contribution is 2.25. The summed E-state index contributed by atoms with van der Waals surface area (Å²) in [5.41, 5.74) is 7.61. The molecule has 0 fully saturated rings. The van der Waals surface area contributed by atoms with E-state index in [1.54, 1.807) is 5.51 Å². The van der Waals surface area contributed by atoms with Crippen LogP contribution < -0.4 is 5.73 Å². The van der Waals surface area contributed by atoms with E-state index in [0.717, 1.165) is 12.1 Å². The number of hydrogen-bond acceptors (Lipinski definition) is 3. The summed E-state index contributed by atoms with van der Waals surface area (Å²) in [7, 11) is 0. The molecule has 0 saturated heterocycles. The Hall–Kier alpha value is -0.900. The summed E-state index contributed by atoms with van der Waals surface area (Å²) >= 11 is 1.54. The molecule has 0 aliphatic rings. The van der Waals surface area contributed by atoms with Gasteiger partial charge >= 0.3 is 0 Å². The highest BCUT2D eigenvalue weighted by atomic mass is 32.1. The molecular formula is C9H14N2OS. The van der Waals surface area contributed by atoms with E-state index in [2.05, 4.69) is 4.98 Å². The lowest BCUT2D eigenvalue weighted by Gasteiger charge is -2.22. The molecule has 0 radical (unpaired) electrons. The van der Waals surface area contributed by atoms with Gasteiger partial charge < -0.3 is 5.73 Å². The Bertz CT molecular complexity index is 284. The highest BCUT2D eigenvalue weighted by molar-refractivity contribution is 7.07. The van der Waals surface area contributed by atoms with E-state index in [9.17, 15) is 4.79 Å². The minimum absolute atomic E-state index is 0.247. The molecule has 2 N–H and O–H groups in total. The second-order valence-corrected chi connectivity index (χ2v) is 4.15. The molecule has 0 bridgehead atoms. The van der Waals surface area contributed by atoms with Gasteiger partial charge in [-0.2, -0.15) is 0 Å². The van der Waals surface area contributed by atoms with Crippen LogP contribution in [-0.2, 0) is 11.2 Å². The number of carbonyl (C=O) groups excluding carboxylic acids is 1. The fraction of sp³-hybridized carbons (Fsp3) is 0.556. The molecule has 3 nitrogen and oxygen atoms in total. The minimum atomic E-state index is -0.450. The van der Waals surface area contributed by atoms with E-state index in [-0.39, 0.29) is 5.91 Å². The molecule has 72 valence electrons. The van der Waals surface area contributed by atoms with Crippen LogP contribution in [0.2, 0.25) is 0 Å². The molecule has 1 atom stereocenters. The predicted molar refractivity (Wildman–Crippen MR) is 53.4 cm³/mol. The van der Waals surface area contributed by atoms with Crippen LogP contribution >= 0.6 is 11.3 Å². The van der Waals surface area contributed by atoms with Crippen LogP contribution in [0.15, 0.2) is 10.9 Å². The van der Waals surface area contributed by atoms with Crippen LogP contribution in [0.5, 0.6) is 0 Å². The van der Waals surface area contributed by atoms with Gasteiger partial charge in [0.1, 0.15) is 0 Å². The van der Waals surface area contributed by atoms with E-state index in [1.807, 2.05) is 19.2 Å². The Morgan fingerprint density at radius 1 is 1.77 bits per heavy atom. The first kappa shape index (κ1) is 10.2. The summed E-state index contributed by atoms with van der Waals surface area (Å²) in [4.78, 5) is 15.3. The van der Waals surface area contributed by atoms with Crippen molar-refractivity contribution in [2.24, 2.45) is 11.1 Å². The smallest absolute Gasteiger partial charge is 0.223 e. The summed E-state index contributed by atoms with van der Waals surface area (Å²) in [6.45, 7) is 3.85. The van der Waals surface area contributed by atoms with Gasteiger partial charge in [-0.25, -0.2) is 4.98 Å². The Kier molecular flexibility index (Phi) is 3.03. The molecule has 0 aromatic carbocycles. The van der Waals surface area contributed by atoms with Crippen molar-refractivity contribution in [3.63, 3.8) is 0 Å². The predicted octanol–water partition coefficient (Wildman–Crippen LogP) is 1.59. The van der Waals surface area contributed by atoms with Gasteiger partial charge in [0.2, 0.25) is 5.91 Å². The summed E-state index contributed by atoms with van der Waals surface area (Å²) in [5.74, 6) is -0.247. The van der Waals surface area contributed by atoms with Crippen LogP contribution in [0, 0.1) is 5.41 Å². The van der Waals surface area contributed by atoms with Crippen LogP contribution in [0.4, 0.5) is 0 Å². The molecule has 1 unspecified atom stereocenters. The first-order chi connectivity index (χ1) is 6.08. The van der Waals surface area contributed by atoms with E-state index in [1.165, 1.54) is 11.3 Å². The average Bonchev–Trinajstić information content (AvgIpc) is 2.56. The van der Waals surface area contributed by atoms with Crippen LogP contribution in [-0.4, -0.2) is 10.9 Å². The second kappa shape index (κ2) is 3.87. The third kappa shape index (κ3) is 2.28. The van der Waals surface area contributed by atoms with Crippen LogP contribution in [0.1, 0.15) is 26.0 Å². The van der Waals surface area contributed by atoms with Gasteiger partial charge in [-0.3, -0.25) is 4.79 Å². The molecule has 0 aliphatic heterocycles. The molecule has 1 aromatic rings. The molecule has 0 spiro atoms. The number of primary amides is 1. The zero-order valence-corrected chi connectivity index (χ0v) is 8.73. The normalized spacial score (nSPS) is 15.2. The van der Waals surface area contributed by atoms with E-state index >= 15 is 0 Å². The monoisotopic (exact) mass is 198 g/mol. The molecule has 13 heavy (non-hydrogen) atoms. The van der Waals surface area contributed by atoms with Gasteiger partial charge in [0.15, 0.2) is 0 Å².